The minimum atomic E-state index is 0.589. The van der Waals surface area contributed by atoms with Crippen molar-refractivity contribution in [1.82, 2.24) is 9.80 Å². The summed E-state index contributed by atoms with van der Waals surface area (Å²) in [4.78, 5) is 9.31. The SMILES string of the molecule is CC(C)CN=C(N)N1CCN2CCCC2C1. The molecule has 2 rings (SSSR count). The van der Waals surface area contributed by atoms with Crippen molar-refractivity contribution in [2.75, 3.05) is 32.7 Å². The molecule has 2 fully saturated rings. The van der Waals surface area contributed by atoms with Gasteiger partial charge in [0.1, 0.15) is 0 Å². The molecule has 4 heteroatoms. The molecule has 0 saturated carbocycles. The minimum Gasteiger partial charge on any atom is -0.370 e. The molecule has 4 nitrogen and oxygen atoms in total. The summed E-state index contributed by atoms with van der Waals surface area (Å²) in [7, 11) is 0. The van der Waals surface area contributed by atoms with E-state index in [0.29, 0.717) is 5.92 Å². The highest BCUT2D eigenvalue weighted by atomic mass is 15.3. The van der Waals surface area contributed by atoms with Gasteiger partial charge in [0.2, 0.25) is 0 Å². The highest BCUT2D eigenvalue weighted by Crippen LogP contribution is 2.21. The van der Waals surface area contributed by atoms with Crippen molar-refractivity contribution in [3.8, 4) is 0 Å². The van der Waals surface area contributed by atoms with Crippen molar-refractivity contribution in [3.05, 3.63) is 0 Å². The van der Waals surface area contributed by atoms with Crippen LogP contribution in [0.25, 0.3) is 0 Å². The molecule has 0 aromatic heterocycles. The molecule has 0 aromatic carbocycles. The first-order valence-corrected chi connectivity index (χ1v) is 6.45. The second-order valence-electron chi connectivity index (χ2n) is 5.37. The molecule has 92 valence electrons. The van der Waals surface area contributed by atoms with Gasteiger partial charge in [0.25, 0.3) is 0 Å². The van der Waals surface area contributed by atoms with Crippen molar-refractivity contribution in [2.24, 2.45) is 16.6 Å². The Bertz CT molecular complexity index is 262. The lowest BCUT2D eigenvalue weighted by molar-refractivity contribution is 0.150. The lowest BCUT2D eigenvalue weighted by atomic mass is 10.1. The molecule has 2 saturated heterocycles. The van der Waals surface area contributed by atoms with E-state index < -0.39 is 0 Å². The standard InChI is InChI=1S/C12H24N4/c1-10(2)8-14-12(13)16-7-6-15-5-3-4-11(15)9-16/h10-11H,3-9H2,1-2H3,(H2,13,14). The van der Waals surface area contributed by atoms with Gasteiger partial charge in [0.15, 0.2) is 5.96 Å². The molecule has 0 bridgehead atoms. The van der Waals surface area contributed by atoms with Crippen LogP contribution in [0.5, 0.6) is 0 Å². The van der Waals surface area contributed by atoms with Crippen LogP contribution in [0.4, 0.5) is 0 Å². The number of hydrogen-bond acceptors (Lipinski definition) is 2. The number of nitrogens with two attached hydrogens (primary N) is 1. The summed E-state index contributed by atoms with van der Waals surface area (Å²) in [6, 6.07) is 0.724. The predicted molar refractivity (Wildman–Crippen MR) is 67.5 cm³/mol. The Morgan fingerprint density at radius 1 is 1.38 bits per heavy atom. The third-order valence-corrected chi connectivity index (χ3v) is 3.53. The minimum absolute atomic E-state index is 0.589. The van der Waals surface area contributed by atoms with Crippen LogP contribution >= 0.6 is 0 Å². The molecule has 1 unspecified atom stereocenters. The van der Waals surface area contributed by atoms with Gasteiger partial charge in [0.05, 0.1) is 0 Å². The van der Waals surface area contributed by atoms with Crippen molar-refractivity contribution >= 4 is 5.96 Å². The molecule has 0 aliphatic carbocycles. The third-order valence-electron chi connectivity index (χ3n) is 3.53. The highest BCUT2D eigenvalue weighted by molar-refractivity contribution is 5.78. The summed E-state index contributed by atoms with van der Waals surface area (Å²) >= 11 is 0. The van der Waals surface area contributed by atoms with Crippen molar-refractivity contribution in [1.29, 1.82) is 0 Å². The lowest BCUT2D eigenvalue weighted by Gasteiger charge is -2.38. The Kier molecular flexibility index (Phi) is 3.69. The fourth-order valence-corrected chi connectivity index (χ4v) is 2.58. The van der Waals surface area contributed by atoms with Crippen LogP contribution < -0.4 is 5.73 Å². The number of fused-ring (bicyclic) bond motifs is 1. The summed E-state index contributed by atoms with van der Waals surface area (Å²) in [6.07, 6.45) is 2.68. The molecule has 0 radical (unpaired) electrons. The van der Waals surface area contributed by atoms with Crippen LogP contribution in [0.3, 0.4) is 0 Å². The maximum Gasteiger partial charge on any atom is 0.191 e. The first-order chi connectivity index (χ1) is 7.66. The monoisotopic (exact) mass is 224 g/mol. The zero-order valence-electron chi connectivity index (χ0n) is 10.5. The van der Waals surface area contributed by atoms with E-state index in [1.165, 1.54) is 19.4 Å². The molecule has 0 aromatic rings. The number of piperazine rings is 1. The molecular weight excluding hydrogens is 200 g/mol. The predicted octanol–water partition coefficient (Wildman–Crippen LogP) is 0.737. The Balaban J connectivity index is 1.88. The average molecular weight is 224 g/mol. The molecule has 2 aliphatic heterocycles. The summed E-state index contributed by atoms with van der Waals surface area (Å²) in [5.41, 5.74) is 6.04. The number of guanidine groups is 1. The highest BCUT2D eigenvalue weighted by Gasteiger charge is 2.30. The van der Waals surface area contributed by atoms with Gasteiger partial charge in [-0.05, 0) is 25.3 Å². The molecule has 0 spiro atoms. The normalized spacial score (nSPS) is 27.6. The third kappa shape index (κ3) is 2.67. The number of nitrogens with zero attached hydrogens (tertiary/aromatic N) is 3. The summed E-state index contributed by atoms with van der Waals surface area (Å²) in [5.74, 6) is 1.34. The van der Waals surface area contributed by atoms with Crippen LogP contribution in [0, 0.1) is 5.92 Å². The van der Waals surface area contributed by atoms with E-state index in [0.717, 1.165) is 38.2 Å². The average Bonchev–Trinajstić information content (AvgIpc) is 2.72. The maximum absolute atomic E-state index is 6.04. The molecule has 0 amide bonds. The van der Waals surface area contributed by atoms with E-state index in [2.05, 4.69) is 28.6 Å². The van der Waals surface area contributed by atoms with Gasteiger partial charge >= 0.3 is 0 Å². The van der Waals surface area contributed by atoms with Crippen LogP contribution in [0.2, 0.25) is 0 Å². The Morgan fingerprint density at radius 3 is 2.94 bits per heavy atom. The number of aliphatic imine (C=N–C) groups is 1. The summed E-state index contributed by atoms with van der Waals surface area (Å²) in [6.45, 7) is 9.75. The van der Waals surface area contributed by atoms with E-state index >= 15 is 0 Å². The van der Waals surface area contributed by atoms with Gasteiger partial charge in [0, 0.05) is 32.2 Å². The van der Waals surface area contributed by atoms with E-state index in [1.54, 1.807) is 0 Å². The molecule has 2 aliphatic rings. The zero-order chi connectivity index (χ0) is 11.5. The van der Waals surface area contributed by atoms with Crippen molar-refractivity contribution in [2.45, 2.75) is 32.7 Å². The maximum atomic E-state index is 6.04. The summed E-state index contributed by atoms with van der Waals surface area (Å²) < 4.78 is 0. The molecule has 16 heavy (non-hydrogen) atoms. The number of rotatable bonds is 2. The van der Waals surface area contributed by atoms with Gasteiger partial charge in [-0.2, -0.15) is 0 Å². The molecular formula is C12H24N4. The summed E-state index contributed by atoms with van der Waals surface area (Å²) in [5, 5.41) is 0. The zero-order valence-corrected chi connectivity index (χ0v) is 10.5. The molecule has 1 atom stereocenters. The van der Waals surface area contributed by atoms with Gasteiger partial charge < -0.3 is 10.6 Å². The fourth-order valence-electron chi connectivity index (χ4n) is 2.58. The first-order valence-electron chi connectivity index (χ1n) is 6.45. The lowest BCUT2D eigenvalue weighted by Crippen LogP contribution is -2.54. The van der Waals surface area contributed by atoms with E-state index in [1.807, 2.05) is 0 Å². The van der Waals surface area contributed by atoms with Gasteiger partial charge in [-0.1, -0.05) is 13.8 Å². The second-order valence-corrected chi connectivity index (χ2v) is 5.37. The fraction of sp³-hybridized carbons (Fsp3) is 0.917. The van der Waals surface area contributed by atoms with E-state index in [4.69, 9.17) is 5.73 Å². The second kappa shape index (κ2) is 5.04. The van der Waals surface area contributed by atoms with Crippen molar-refractivity contribution < 1.29 is 0 Å². The van der Waals surface area contributed by atoms with E-state index in [-0.39, 0.29) is 0 Å². The quantitative estimate of drug-likeness (QED) is 0.556. The van der Waals surface area contributed by atoms with E-state index in [9.17, 15) is 0 Å². The van der Waals surface area contributed by atoms with Crippen LogP contribution in [-0.2, 0) is 0 Å². The van der Waals surface area contributed by atoms with Crippen LogP contribution in [-0.4, -0.2) is 54.5 Å². The van der Waals surface area contributed by atoms with Crippen molar-refractivity contribution in [3.63, 3.8) is 0 Å². The van der Waals surface area contributed by atoms with Crippen LogP contribution in [0.15, 0.2) is 4.99 Å². The Hall–Kier alpha value is -0.770. The molecule has 2 heterocycles. The smallest absolute Gasteiger partial charge is 0.191 e. The van der Waals surface area contributed by atoms with Gasteiger partial charge in [-0.25, -0.2) is 0 Å². The largest absolute Gasteiger partial charge is 0.370 e. The Labute approximate surface area is 98.5 Å². The van der Waals surface area contributed by atoms with Gasteiger partial charge in [-0.15, -0.1) is 0 Å². The van der Waals surface area contributed by atoms with Crippen LogP contribution in [0.1, 0.15) is 26.7 Å². The first kappa shape index (κ1) is 11.7. The van der Waals surface area contributed by atoms with Gasteiger partial charge in [-0.3, -0.25) is 9.89 Å². The number of hydrogen-bond donors (Lipinski definition) is 1. The molecule has 2 N–H and O–H groups in total. The topological polar surface area (TPSA) is 44.9 Å². The Morgan fingerprint density at radius 2 is 2.19 bits per heavy atom.